The summed E-state index contributed by atoms with van der Waals surface area (Å²) in [6, 6.07) is 1.87. The van der Waals surface area contributed by atoms with E-state index in [1.807, 2.05) is 18.4 Å². The maximum Gasteiger partial charge on any atom is 0.271 e. The van der Waals surface area contributed by atoms with Crippen molar-refractivity contribution < 1.29 is 19.1 Å². The number of carbonyl (C=O) groups excluding carboxylic acids is 2. The van der Waals surface area contributed by atoms with E-state index in [0.717, 1.165) is 5.56 Å². The van der Waals surface area contributed by atoms with E-state index in [1.165, 1.54) is 11.3 Å². The van der Waals surface area contributed by atoms with Crippen molar-refractivity contribution in [1.82, 2.24) is 15.3 Å². The molecule has 0 atom stereocenters. The average Bonchev–Trinajstić information content (AvgIpc) is 3.13. The lowest BCUT2D eigenvalue weighted by molar-refractivity contribution is 0.0911. The summed E-state index contributed by atoms with van der Waals surface area (Å²) in [6.45, 7) is 5.27. The molecule has 0 saturated heterocycles. The average molecular weight is 348 g/mol. The highest BCUT2D eigenvalue weighted by molar-refractivity contribution is 7.12. The molecule has 1 aliphatic rings. The van der Waals surface area contributed by atoms with Crippen molar-refractivity contribution >= 4 is 23.2 Å². The fourth-order valence-corrected chi connectivity index (χ4v) is 3.07. The fraction of sp³-hybridized carbons (Fsp3) is 0.333. The summed E-state index contributed by atoms with van der Waals surface area (Å²) >= 11 is 1.35. The van der Waals surface area contributed by atoms with E-state index in [2.05, 4.69) is 15.3 Å². The van der Waals surface area contributed by atoms with Crippen molar-refractivity contribution in [2.45, 2.75) is 26.3 Å². The van der Waals surface area contributed by atoms with Crippen LogP contribution in [0.25, 0.3) is 0 Å². The summed E-state index contributed by atoms with van der Waals surface area (Å²) in [6.07, 6.45) is 0. The van der Waals surface area contributed by atoms with Gasteiger partial charge in [0.05, 0.1) is 10.4 Å². The zero-order valence-corrected chi connectivity index (χ0v) is 14.2. The molecule has 9 heteroatoms. The van der Waals surface area contributed by atoms with E-state index >= 15 is 0 Å². The summed E-state index contributed by atoms with van der Waals surface area (Å²) in [4.78, 5) is 33.1. The van der Waals surface area contributed by atoms with Crippen LogP contribution in [-0.2, 0) is 5.54 Å². The Morgan fingerprint density at radius 1 is 1.33 bits per heavy atom. The molecule has 1 aliphatic heterocycles. The van der Waals surface area contributed by atoms with Crippen LogP contribution in [0.2, 0.25) is 0 Å². The summed E-state index contributed by atoms with van der Waals surface area (Å²) in [5, 5.41) is 4.72. The van der Waals surface area contributed by atoms with Crippen LogP contribution < -0.4 is 20.5 Å². The second-order valence-corrected chi connectivity index (χ2v) is 6.73. The molecule has 2 aromatic rings. The number of primary amides is 1. The molecule has 24 heavy (non-hydrogen) atoms. The van der Waals surface area contributed by atoms with E-state index < -0.39 is 11.4 Å². The van der Waals surface area contributed by atoms with Gasteiger partial charge in [-0.2, -0.15) is 4.98 Å². The van der Waals surface area contributed by atoms with Crippen LogP contribution >= 0.6 is 11.3 Å². The van der Waals surface area contributed by atoms with Gasteiger partial charge in [0.25, 0.3) is 17.7 Å². The van der Waals surface area contributed by atoms with E-state index in [4.69, 9.17) is 15.2 Å². The number of nitrogens with one attached hydrogen (secondary N) is 1. The number of aromatic nitrogens is 2. The smallest absolute Gasteiger partial charge is 0.271 e. The Labute approximate surface area is 142 Å². The monoisotopic (exact) mass is 348 g/mol. The molecule has 0 saturated carbocycles. The topological polar surface area (TPSA) is 116 Å². The van der Waals surface area contributed by atoms with Gasteiger partial charge in [-0.1, -0.05) is 0 Å². The summed E-state index contributed by atoms with van der Waals surface area (Å²) < 4.78 is 10.4. The standard InChI is InChI=1S/C15H16N4O4S/c1-7-4-5-24-10(7)12(21)19-15(2,3)14-17-8(11(16)20)9-13(18-14)23-6-22-9/h4-5H,6H2,1-3H3,(H2,16,20)(H,19,21). The lowest BCUT2D eigenvalue weighted by Gasteiger charge is -2.25. The van der Waals surface area contributed by atoms with Crippen LogP contribution in [0.4, 0.5) is 0 Å². The normalized spacial score (nSPS) is 13.0. The maximum absolute atomic E-state index is 12.5. The van der Waals surface area contributed by atoms with Crippen molar-refractivity contribution in [3.8, 4) is 11.6 Å². The molecule has 0 aliphatic carbocycles. The molecule has 0 unspecified atom stereocenters. The highest BCUT2D eigenvalue weighted by Crippen LogP contribution is 2.34. The molecular weight excluding hydrogens is 332 g/mol. The Bertz CT molecular complexity index is 831. The molecule has 0 radical (unpaired) electrons. The van der Waals surface area contributed by atoms with Gasteiger partial charge in [0, 0.05) is 0 Å². The zero-order valence-electron chi connectivity index (χ0n) is 13.4. The quantitative estimate of drug-likeness (QED) is 0.861. The van der Waals surface area contributed by atoms with Gasteiger partial charge < -0.3 is 20.5 Å². The lowest BCUT2D eigenvalue weighted by atomic mass is 10.0. The lowest BCUT2D eigenvalue weighted by Crippen LogP contribution is -2.42. The second kappa shape index (κ2) is 5.75. The van der Waals surface area contributed by atoms with Gasteiger partial charge in [0.2, 0.25) is 12.5 Å². The molecule has 2 aromatic heterocycles. The third kappa shape index (κ3) is 2.78. The molecule has 126 valence electrons. The number of fused-ring (bicyclic) bond motifs is 1. The largest absolute Gasteiger partial charge is 0.449 e. The van der Waals surface area contributed by atoms with Gasteiger partial charge in [0.1, 0.15) is 0 Å². The maximum atomic E-state index is 12.5. The molecule has 3 heterocycles. The van der Waals surface area contributed by atoms with E-state index in [-0.39, 0.29) is 35.8 Å². The van der Waals surface area contributed by atoms with Crippen molar-refractivity contribution in [1.29, 1.82) is 0 Å². The van der Waals surface area contributed by atoms with Crippen molar-refractivity contribution in [2.75, 3.05) is 6.79 Å². The molecule has 2 amide bonds. The van der Waals surface area contributed by atoms with Crippen LogP contribution in [0, 0.1) is 6.92 Å². The minimum Gasteiger partial charge on any atom is -0.449 e. The van der Waals surface area contributed by atoms with Gasteiger partial charge >= 0.3 is 0 Å². The zero-order chi connectivity index (χ0) is 17.5. The fourth-order valence-electron chi connectivity index (χ4n) is 2.25. The summed E-state index contributed by atoms with van der Waals surface area (Å²) in [5.74, 6) is -0.514. The van der Waals surface area contributed by atoms with Gasteiger partial charge in [0.15, 0.2) is 11.5 Å². The van der Waals surface area contributed by atoms with Crippen LogP contribution in [0.5, 0.6) is 11.6 Å². The first kappa shape index (κ1) is 16.2. The van der Waals surface area contributed by atoms with Gasteiger partial charge in [-0.15, -0.1) is 11.3 Å². The van der Waals surface area contributed by atoms with E-state index in [1.54, 1.807) is 13.8 Å². The molecule has 0 spiro atoms. The molecule has 3 rings (SSSR count). The Hall–Kier alpha value is -2.68. The van der Waals surface area contributed by atoms with E-state index in [0.29, 0.717) is 4.88 Å². The predicted molar refractivity (Wildman–Crippen MR) is 86.2 cm³/mol. The second-order valence-electron chi connectivity index (χ2n) is 5.81. The minimum absolute atomic E-state index is 0.0606. The third-order valence-electron chi connectivity index (χ3n) is 3.52. The van der Waals surface area contributed by atoms with Crippen molar-refractivity contribution in [3.05, 3.63) is 33.4 Å². The molecule has 3 N–H and O–H groups in total. The van der Waals surface area contributed by atoms with Crippen LogP contribution in [0.15, 0.2) is 11.4 Å². The number of ether oxygens (including phenoxy) is 2. The Kier molecular flexibility index (Phi) is 3.88. The Morgan fingerprint density at radius 2 is 2.08 bits per heavy atom. The SMILES string of the molecule is Cc1ccsc1C(=O)NC(C)(C)c1nc2c(c(C(N)=O)n1)OCO2. The molecule has 8 nitrogen and oxygen atoms in total. The Morgan fingerprint density at radius 3 is 2.71 bits per heavy atom. The van der Waals surface area contributed by atoms with Crippen LogP contribution in [-0.4, -0.2) is 28.6 Å². The number of thiophene rings is 1. The Balaban J connectivity index is 1.95. The number of aryl methyl sites for hydroxylation is 1. The molecular formula is C15H16N4O4S. The number of nitrogens with two attached hydrogens (primary N) is 1. The minimum atomic E-state index is -0.946. The number of carbonyl (C=O) groups is 2. The van der Waals surface area contributed by atoms with Crippen molar-refractivity contribution in [3.63, 3.8) is 0 Å². The highest BCUT2D eigenvalue weighted by Gasteiger charge is 2.33. The summed E-state index contributed by atoms with van der Waals surface area (Å²) in [7, 11) is 0. The van der Waals surface area contributed by atoms with Crippen molar-refractivity contribution in [2.24, 2.45) is 5.73 Å². The van der Waals surface area contributed by atoms with Gasteiger partial charge in [-0.3, -0.25) is 9.59 Å². The molecule has 0 bridgehead atoms. The van der Waals surface area contributed by atoms with Crippen LogP contribution in [0.1, 0.15) is 45.4 Å². The molecule has 0 fully saturated rings. The van der Waals surface area contributed by atoms with Gasteiger partial charge in [-0.25, -0.2) is 4.98 Å². The number of hydrogen-bond acceptors (Lipinski definition) is 7. The highest BCUT2D eigenvalue weighted by atomic mass is 32.1. The van der Waals surface area contributed by atoms with Gasteiger partial charge in [-0.05, 0) is 37.8 Å². The number of amides is 2. The first-order chi connectivity index (χ1) is 11.3. The predicted octanol–water partition coefficient (Wildman–Crippen LogP) is 1.34. The number of rotatable bonds is 4. The number of nitrogens with zero attached hydrogens (tertiary/aromatic N) is 2. The first-order valence-corrected chi connectivity index (χ1v) is 8.02. The third-order valence-corrected chi connectivity index (χ3v) is 4.54. The number of hydrogen-bond donors (Lipinski definition) is 2. The van der Waals surface area contributed by atoms with E-state index in [9.17, 15) is 9.59 Å². The molecule has 0 aromatic carbocycles. The first-order valence-electron chi connectivity index (χ1n) is 7.14. The van der Waals surface area contributed by atoms with Crippen LogP contribution in [0.3, 0.4) is 0 Å². The summed E-state index contributed by atoms with van der Waals surface area (Å²) in [5.41, 5.74) is 5.22.